The lowest BCUT2D eigenvalue weighted by Crippen LogP contribution is -1.81. The summed E-state index contributed by atoms with van der Waals surface area (Å²) in [6.45, 7) is 1.84. The topological polar surface area (TPSA) is 33.4 Å². The average Bonchev–Trinajstić information content (AvgIpc) is 2.65. The molecule has 0 spiro atoms. The zero-order valence-electron chi connectivity index (χ0n) is 7.98. The quantitative estimate of drug-likeness (QED) is 0.711. The highest BCUT2D eigenvalue weighted by atomic mass is 32.1. The van der Waals surface area contributed by atoms with Crippen LogP contribution < -0.4 is 4.74 Å². The molecule has 14 heavy (non-hydrogen) atoms. The predicted octanol–water partition coefficient (Wildman–Crippen LogP) is 3.00. The van der Waals surface area contributed by atoms with Crippen LogP contribution in [-0.2, 0) is 0 Å². The van der Waals surface area contributed by atoms with Gasteiger partial charge in [0.15, 0.2) is 0 Å². The molecule has 0 aliphatic rings. The van der Waals surface area contributed by atoms with Crippen molar-refractivity contribution in [2.75, 3.05) is 7.11 Å². The van der Waals surface area contributed by atoms with E-state index in [1.807, 2.05) is 31.2 Å². The molecule has 0 amide bonds. The predicted molar refractivity (Wildman–Crippen MR) is 55.5 cm³/mol. The number of nitrogens with zero attached hydrogens (tertiary/aromatic N) is 1. The average molecular weight is 208 g/mol. The van der Waals surface area contributed by atoms with Gasteiger partial charge in [0.25, 0.3) is 0 Å². The number of rotatable bonds is 2. The zero-order chi connectivity index (χ0) is 9.97. The molecule has 0 saturated carbocycles. The Morgan fingerprint density at radius 2 is 2.00 bits per heavy atom. The van der Waals surface area contributed by atoms with Crippen LogP contribution in [0.1, 0.15) is 5.89 Å². The minimum Gasteiger partial charge on any atom is -0.497 e. The second-order valence-corrected chi connectivity index (χ2v) is 3.56. The van der Waals surface area contributed by atoms with Gasteiger partial charge in [0.1, 0.15) is 5.75 Å². The van der Waals surface area contributed by atoms with Crippen LogP contribution in [0.3, 0.4) is 0 Å². The van der Waals surface area contributed by atoms with Gasteiger partial charge < -0.3 is 4.74 Å². The number of benzene rings is 1. The SMILES string of the molecule is COc1ccc(-c2[o+]c(C)ns2)cc1. The molecule has 2 aromatic rings. The summed E-state index contributed by atoms with van der Waals surface area (Å²) in [6, 6.07) is 7.71. The molecule has 1 heterocycles. The fourth-order valence-electron chi connectivity index (χ4n) is 1.12. The van der Waals surface area contributed by atoms with E-state index in [1.54, 1.807) is 7.11 Å². The minimum absolute atomic E-state index is 0.695. The van der Waals surface area contributed by atoms with Crippen molar-refractivity contribution in [3.05, 3.63) is 30.2 Å². The van der Waals surface area contributed by atoms with Crippen molar-refractivity contribution in [3.8, 4) is 16.4 Å². The molecule has 0 unspecified atom stereocenters. The van der Waals surface area contributed by atoms with Crippen molar-refractivity contribution < 1.29 is 9.15 Å². The molecule has 72 valence electrons. The standard InChI is InChI=1S/C10H10NO2S/c1-7-11-14-10(13-7)8-3-5-9(12-2)6-4-8/h3-6H,1-2H3/q+1. The van der Waals surface area contributed by atoms with E-state index in [0.717, 1.165) is 16.4 Å². The van der Waals surface area contributed by atoms with Gasteiger partial charge in [-0.25, -0.2) is 0 Å². The lowest BCUT2D eigenvalue weighted by molar-refractivity contribution is 0.415. The molecule has 0 N–H and O–H groups in total. The number of aryl methyl sites for hydroxylation is 1. The largest absolute Gasteiger partial charge is 0.497 e. The zero-order valence-corrected chi connectivity index (χ0v) is 8.80. The molecule has 1 aromatic carbocycles. The highest BCUT2D eigenvalue weighted by molar-refractivity contribution is 7.08. The number of hydrogen-bond donors (Lipinski definition) is 0. The molecule has 0 radical (unpaired) electrons. The molecule has 0 atom stereocenters. The summed E-state index contributed by atoms with van der Waals surface area (Å²) < 4.78 is 14.6. The lowest BCUT2D eigenvalue weighted by atomic mass is 10.2. The van der Waals surface area contributed by atoms with E-state index in [-0.39, 0.29) is 0 Å². The number of aromatic nitrogens is 1. The highest BCUT2D eigenvalue weighted by Gasteiger charge is 2.17. The van der Waals surface area contributed by atoms with Crippen LogP contribution in [0.15, 0.2) is 28.7 Å². The van der Waals surface area contributed by atoms with Crippen LogP contribution in [-0.4, -0.2) is 11.5 Å². The molecule has 0 aliphatic carbocycles. The summed E-state index contributed by atoms with van der Waals surface area (Å²) in [5.41, 5.74) is 1.02. The van der Waals surface area contributed by atoms with Crippen LogP contribution in [0.4, 0.5) is 0 Å². The highest BCUT2D eigenvalue weighted by Crippen LogP contribution is 2.26. The van der Waals surface area contributed by atoms with Crippen LogP contribution in [0.25, 0.3) is 10.6 Å². The van der Waals surface area contributed by atoms with E-state index in [0.29, 0.717) is 5.89 Å². The Balaban J connectivity index is 2.33. The smallest absolute Gasteiger partial charge is 0.436 e. The molecular weight excluding hydrogens is 198 g/mol. The first-order chi connectivity index (χ1) is 6.79. The van der Waals surface area contributed by atoms with E-state index in [4.69, 9.17) is 9.15 Å². The second kappa shape index (κ2) is 3.75. The minimum atomic E-state index is 0.695. The van der Waals surface area contributed by atoms with Crippen molar-refractivity contribution in [1.82, 2.24) is 4.37 Å². The summed E-state index contributed by atoms with van der Waals surface area (Å²) in [5, 5.41) is 0.824. The number of ether oxygens (including phenoxy) is 1. The third kappa shape index (κ3) is 1.75. The van der Waals surface area contributed by atoms with E-state index in [9.17, 15) is 0 Å². The van der Waals surface area contributed by atoms with Gasteiger partial charge in [-0.15, -0.1) is 0 Å². The molecule has 0 fully saturated rings. The van der Waals surface area contributed by atoms with Gasteiger partial charge in [-0.05, 0) is 24.3 Å². The Labute approximate surface area is 86.1 Å². The van der Waals surface area contributed by atoms with Crippen molar-refractivity contribution in [1.29, 1.82) is 0 Å². The molecule has 1 aromatic heterocycles. The summed E-state index contributed by atoms with van der Waals surface area (Å²) in [5.74, 6) is 1.54. The van der Waals surface area contributed by atoms with Gasteiger partial charge in [-0.2, -0.15) is 4.42 Å². The molecule has 0 saturated heterocycles. The maximum absolute atomic E-state index is 5.41. The molecule has 2 rings (SSSR count). The normalized spacial score (nSPS) is 10.1. The van der Waals surface area contributed by atoms with Gasteiger partial charge in [0.2, 0.25) is 0 Å². The van der Waals surface area contributed by atoms with Crippen molar-refractivity contribution in [2.45, 2.75) is 6.92 Å². The Hall–Kier alpha value is -1.42. The molecular formula is C10H10NO2S+. The molecule has 4 heteroatoms. The fraction of sp³-hybridized carbons (Fsp3) is 0.200. The monoisotopic (exact) mass is 208 g/mol. The number of methoxy groups -OCH3 is 1. The summed E-state index contributed by atoms with van der Waals surface area (Å²) in [6.07, 6.45) is 0. The van der Waals surface area contributed by atoms with Gasteiger partial charge in [0, 0.05) is 0 Å². The van der Waals surface area contributed by atoms with E-state index >= 15 is 0 Å². The number of hydrogen-bond acceptors (Lipinski definition) is 3. The molecule has 3 nitrogen and oxygen atoms in total. The van der Waals surface area contributed by atoms with Crippen LogP contribution in [0.2, 0.25) is 0 Å². The first-order valence-electron chi connectivity index (χ1n) is 4.20. The van der Waals surface area contributed by atoms with Gasteiger partial charge in [-0.3, -0.25) is 0 Å². The van der Waals surface area contributed by atoms with Gasteiger partial charge in [-0.1, -0.05) is 4.37 Å². The van der Waals surface area contributed by atoms with E-state index < -0.39 is 0 Å². The summed E-state index contributed by atoms with van der Waals surface area (Å²) >= 11 is 1.36. The van der Waals surface area contributed by atoms with Gasteiger partial charge in [0.05, 0.1) is 31.1 Å². The van der Waals surface area contributed by atoms with E-state index in [1.165, 1.54) is 11.5 Å². The third-order valence-corrected chi connectivity index (χ3v) is 2.66. The summed E-state index contributed by atoms with van der Waals surface area (Å²) in [4.78, 5) is 0. The van der Waals surface area contributed by atoms with Gasteiger partial charge >= 0.3 is 11.0 Å². The first-order valence-corrected chi connectivity index (χ1v) is 4.98. The van der Waals surface area contributed by atoms with Crippen LogP contribution in [0, 0.1) is 6.92 Å². The van der Waals surface area contributed by atoms with Crippen molar-refractivity contribution >= 4 is 11.5 Å². The van der Waals surface area contributed by atoms with Crippen molar-refractivity contribution in [2.24, 2.45) is 0 Å². The maximum Gasteiger partial charge on any atom is 0.436 e. The Kier molecular flexibility index (Phi) is 2.45. The van der Waals surface area contributed by atoms with Crippen LogP contribution >= 0.6 is 11.5 Å². The van der Waals surface area contributed by atoms with E-state index in [2.05, 4.69) is 4.37 Å². The maximum atomic E-state index is 5.41. The van der Waals surface area contributed by atoms with Crippen molar-refractivity contribution in [3.63, 3.8) is 0 Å². The molecule has 0 bridgehead atoms. The Bertz CT molecular complexity index is 422. The first kappa shape index (κ1) is 9.15. The molecule has 0 aliphatic heterocycles. The lowest BCUT2D eigenvalue weighted by Gasteiger charge is -1.96. The Morgan fingerprint density at radius 3 is 2.50 bits per heavy atom. The summed E-state index contributed by atoms with van der Waals surface area (Å²) in [7, 11) is 1.65. The Morgan fingerprint density at radius 1 is 1.29 bits per heavy atom. The third-order valence-electron chi connectivity index (χ3n) is 1.82. The van der Waals surface area contributed by atoms with Crippen LogP contribution in [0.5, 0.6) is 5.75 Å². The second-order valence-electron chi connectivity index (χ2n) is 2.82. The fourth-order valence-corrected chi connectivity index (χ4v) is 1.76.